The van der Waals surface area contributed by atoms with E-state index in [0.717, 1.165) is 43.3 Å². The van der Waals surface area contributed by atoms with Crippen molar-refractivity contribution in [2.75, 3.05) is 26.7 Å². The maximum absolute atomic E-state index is 12.7. The minimum absolute atomic E-state index is 0.114. The molecule has 0 radical (unpaired) electrons. The molecule has 3 rings (SSSR count). The molecule has 1 heterocycles. The summed E-state index contributed by atoms with van der Waals surface area (Å²) in [6, 6.07) is 12.5. The predicted molar refractivity (Wildman–Crippen MR) is 105 cm³/mol. The Morgan fingerprint density at radius 1 is 1.18 bits per heavy atom. The van der Waals surface area contributed by atoms with Crippen molar-refractivity contribution in [2.45, 2.75) is 23.8 Å². The van der Waals surface area contributed by atoms with Crippen molar-refractivity contribution in [3.8, 4) is 5.75 Å². The zero-order valence-corrected chi connectivity index (χ0v) is 16.4. The van der Waals surface area contributed by atoms with E-state index in [4.69, 9.17) is 4.74 Å². The van der Waals surface area contributed by atoms with Gasteiger partial charge in [0.2, 0.25) is 10.0 Å². The standard InChI is InChI=1S/C19H23N3O5S/c1-27-17-9-7-15(8-10-17)19(21-11-2-3-12-21)14-20-28(25,26)18-6-4-5-16(13-18)22(23)24/h4-10,13,19-20H,2-3,11-12,14H2,1H3. The van der Waals surface area contributed by atoms with Crippen LogP contribution in [0.15, 0.2) is 53.4 Å². The van der Waals surface area contributed by atoms with Gasteiger partial charge in [-0.3, -0.25) is 15.0 Å². The van der Waals surface area contributed by atoms with Crippen LogP contribution in [0.3, 0.4) is 0 Å². The molecule has 2 aromatic rings. The van der Waals surface area contributed by atoms with Gasteiger partial charge in [-0.25, -0.2) is 13.1 Å². The minimum atomic E-state index is -3.87. The molecule has 0 amide bonds. The van der Waals surface area contributed by atoms with Crippen LogP contribution in [0.5, 0.6) is 5.75 Å². The molecule has 1 saturated heterocycles. The van der Waals surface area contributed by atoms with Crippen LogP contribution in [0.1, 0.15) is 24.4 Å². The molecule has 0 spiro atoms. The third-order valence-corrected chi connectivity index (χ3v) is 6.31. The molecule has 28 heavy (non-hydrogen) atoms. The van der Waals surface area contributed by atoms with Crippen molar-refractivity contribution in [3.63, 3.8) is 0 Å². The highest BCUT2D eigenvalue weighted by atomic mass is 32.2. The van der Waals surface area contributed by atoms with Crippen LogP contribution in [0.25, 0.3) is 0 Å². The van der Waals surface area contributed by atoms with Gasteiger partial charge in [-0.05, 0) is 49.7 Å². The Kier molecular flexibility index (Phi) is 6.28. The third-order valence-electron chi connectivity index (χ3n) is 4.89. The first-order chi connectivity index (χ1) is 13.4. The van der Waals surface area contributed by atoms with Crippen molar-refractivity contribution < 1.29 is 18.1 Å². The fourth-order valence-corrected chi connectivity index (χ4v) is 4.45. The van der Waals surface area contributed by atoms with Gasteiger partial charge in [0, 0.05) is 24.7 Å². The van der Waals surface area contributed by atoms with Crippen LogP contribution < -0.4 is 9.46 Å². The lowest BCUT2D eigenvalue weighted by molar-refractivity contribution is -0.385. The summed E-state index contributed by atoms with van der Waals surface area (Å²) in [6.45, 7) is 1.97. The molecule has 1 aliphatic rings. The van der Waals surface area contributed by atoms with Crippen LogP contribution in [0.2, 0.25) is 0 Å². The number of likely N-dealkylation sites (tertiary alicyclic amines) is 1. The summed E-state index contributed by atoms with van der Waals surface area (Å²) in [5, 5.41) is 10.9. The minimum Gasteiger partial charge on any atom is -0.497 e. The second-order valence-corrected chi connectivity index (χ2v) is 8.41. The average Bonchev–Trinajstić information content (AvgIpc) is 3.23. The molecular formula is C19H23N3O5S. The molecule has 1 unspecified atom stereocenters. The lowest BCUT2D eigenvalue weighted by atomic mass is 10.1. The smallest absolute Gasteiger partial charge is 0.270 e. The Bertz CT molecular complexity index is 925. The van der Waals surface area contributed by atoms with E-state index in [2.05, 4.69) is 9.62 Å². The topological polar surface area (TPSA) is 102 Å². The Morgan fingerprint density at radius 2 is 1.86 bits per heavy atom. The van der Waals surface area contributed by atoms with Crippen molar-refractivity contribution in [1.29, 1.82) is 0 Å². The van der Waals surface area contributed by atoms with Gasteiger partial charge in [0.25, 0.3) is 5.69 Å². The Morgan fingerprint density at radius 3 is 2.46 bits per heavy atom. The van der Waals surface area contributed by atoms with Gasteiger partial charge in [-0.1, -0.05) is 18.2 Å². The lowest BCUT2D eigenvalue weighted by Crippen LogP contribution is -2.36. The molecule has 150 valence electrons. The van der Waals surface area contributed by atoms with E-state index in [1.165, 1.54) is 18.2 Å². The number of hydrogen-bond acceptors (Lipinski definition) is 6. The van der Waals surface area contributed by atoms with Gasteiger partial charge in [0.05, 0.1) is 16.9 Å². The highest BCUT2D eigenvalue weighted by Gasteiger charge is 2.26. The monoisotopic (exact) mass is 405 g/mol. The normalized spacial score (nSPS) is 16.0. The van der Waals surface area contributed by atoms with Crippen molar-refractivity contribution in [2.24, 2.45) is 0 Å². The number of nitro groups is 1. The van der Waals surface area contributed by atoms with Crippen LogP contribution in [-0.2, 0) is 10.0 Å². The summed E-state index contributed by atoms with van der Waals surface area (Å²) in [6.07, 6.45) is 2.15. The molecule has 1 fully saturated rings. The van der Waals surface area contributed by atoms with E-state index in [1.807, 2.05) is 24.3 Å². The fraction of sp³-hybridized carbons (Fsp3) is 0.368. The molecule has 8 nitrogen and oxygen atoms in total. The second kappa shape index (κ2) is 8.68. The largest absolute Gasteiger partial charge is 0.497 e. The van der Waals surface area contributed by atoms with Gasteiger partial charge in [-0.2, -0.15) is 0 Å². The molecule has 0 aromatic heterocycles. The van der Waals surface area contributed by atoms with Crippen molar-refractivity contribution >= 4 is 15.7 Å². The summed E-state index contributed by atoms with van der Waals surface area (Å²) in [5.74, 6) is 0.737. The number of methoxy groups -OCH3 is 1. The number of ether oxygens (including phenoxy) is 1. The number of nitrogens with one attached hydrogen (secondary N) is 1. The van der Waals surface area contributed by atoms with E-state index >= 15 is 0 Å². The van der Waals surface area contributed by atoms with E-state index in [-0.39, 0.29) is 23.2 Å². The number of hydrogen-bond donors (Lipinski definition) is 1. The number of nitro benzene ring substituents is 1. The third kappa shape index (κ3) is 4.67. The van der Waals surface area contributed by atoms with Crippen LogP contribution in [0, 0.1) is 10.1 Å². The lowest BCUT2D eigenvalue weighted by Gasteiger charge is -2.28. The van der Waals surface area contributed by atoms with Gasteiger partial charge < -0.3 is 4.74 Å². The first-order valence-electron chi connectivity index (χ1n) is 9.03. The second-order valence-electron chi connectivity index (χ2n) is 6.64. The highest BCUT2D eigenvalue weighted by Crippen LogP contribution is 2.27. The molecule has 1 aliphatic heterocycles. The maximum atomic E-state index is 12.7. The fourth-order valence-electron chi connectivity index (χ4n) is 3.37. The summed E-state index contributed by atoms with van der Waals surface area (Å²) < 4.78 is 33.2. The summed E-state index contributed by atoms with van der Waals surface area (Å²) in [7, 11) is -2.27. The highest BCUT2D eigenvalue weighted by molar-refractivity contribution is 7.89. The van der Waals surface area contributed by atoms with Crippen LogP contribution >= 0.6 is 0 Å². The molecular weight excluding hydrogens is 382 g/mol. The average molecular weight is 405 g/mol. The number of sulfonamides is 1. The first kappa shape index (κ1) is 20.2. The molecule has 9 heteroatoms. The van der Waals surface area contributed by atoms with Gasteiger partial charge in [0.15, 0.2) is 0 Å². The Labute approximate surface area is 164 Å². The Hall–Kier alpha value is -2.49. The van der Waals surface area contributed by atoms with Gasteiger partial charge >= 0.3 is 0 Å². The number of nitrogens with zero attached hydrogens (tertiary/aromatic N) is 2. The number of benzene rings is 2. The van der Waals surface area contributed by atoms with E-state index in [0.29, 0.717) is 0 Å². The molecule has 0 bridgehead atoms. The SMILES string of the molecule is COc1ccc(C(CNS(=O)(=O)c2cccc([N+](=O)[O-])c2)N2CCCC2)cc1. The van der Waals surface area contributed by atoms with E-state index < -0.39 is 14.9 Å². The summed E-state index contributed by atoms with van der Waals surface area (Å²) in [4.78, 5) is 12.5. The van der Waals surface area contributed by atoms with E-state index in [1.54, 1.807) is 7.11 Å². The van der Waals surface area contributed by atoms with E-state index in [9.17, 15) is 18.5 Å². The van der Waals surface area contributed by atoms with Gasteiger partial charge in [0.1, 0.15) is 5.75 Å². The van der Waals surface area contributed by atoms with Crippen molar-refractivity contribution in [3.05, 3.63) is 64.2 Å². The molecule has 0 saturated carbocycles. The zero-order chi connectivity index (χ0) is 20.1. The molecule has 2 aromatic carbocycles. The van der Waals surface area contributed by atoms with Crippen LogP contribution in [-0.4, -0.2) is 45.0 Å². The first-order valence-corrected chi connectivity index (χ1v) is 10.5. The number of rotatable bonds is 8. The number of non-ortho nitro benzene ring substituents is 1. The zero-order valence-electron chi connectivity index (χ0n) is 15.6. The van der Waals surface area contributed by atoms with Crippen molar-refractivity contribution in [1.82, 2.24) is 9.62 Å². The van der Waals surface area contributed by atoms with Crippen LogP contribution in [0.4, 0.5) is 5.69 Å². The molecule has 1 N–H and O–H groups in total. The Balaban J connectivity index is 1.80. The van der Waals surface area contributed by atoms with Gasteiger partial charge in [-0.15, -0.1) is 0 Å². The summed E-state index contributed by atoms with van der Waals surface area (Å²) in [5.41, 5.74) is 0.735. The predicted octanol–water partition coefficient (Wildman–Crippen LogP) is 2.72. The molecule has 1 atom stereocenters. The maximum Gasteiger partial charge on any atom is 0.270 e. The molecule has 0 aliphatic carbocycles. The quantitative estimate of drug-likeness (QED) is 0.535. The summed E-state index contributed by atoms with van der Waals surface area (Å²) >= 11 is 0.